The number of nitrogens with zero attached hydrogens (tertiary/aromatic N) is 2. The number of amides is 3. The van der Waals surface area contributed by atoms with Gasteiger partial charge in [-0.3, -0.25) is 9.69 Å². The number of carbonyl (C=O) groups excluding carboxylic acids is 2. The maximum atomic E-state index is 13.3. The molecule has 0 spiro atoms. The molecule has 0 saturated carbocycles. The molecule has 2 aromatic rings. The van der Waals surface area contributed by atoms with Crippen LogP contribution in [0.4, 0.5) is 4.79 Å². The summed E-state index contributed by atoms with van der Waals surface area (Å²) < 4.78 is 32.5. The zero-order valence-electron chi connectivity index (χ0n) is 17.3. The highest BCUT2D eigenvalue weighted by Crippen LogP contribution is 2.33. The minimum absolute atomic E-state index is 0.00821. The normalized spacial score (nSPS) is 22.5. The SMILES string of the molecule is CC[C@]1(c2ccccc2)NC(=O)N(Cc2cccc(S(=O)(=O)N3CCOCC3)c2)C1=O. The Bertz CT molecular complexity index is 1080. The van der Waals surface area contributed by atoms with E-state index in [1.165, 1.54) is 16.4 Å². The van der Waals surface area contributed by atoms with Crippen LogP contribution in [-0.4, -0.2) is 55.9 Å². The lowest BCUT2D eigenvalue weighted by Crippen LogP contribution is -2.43. The first-order chi connectivity index (χ1) is 14.9. The number of morpholine rings is 1. The highest BCUT2D eigenvalue weighted by atomic mass is 32.2. The molecule has 0 unspecified atom stereocenters. The second-order valence-corrected chi connectivity index (χ2v) is 9.55. The first-order valence-corrected chi connectivity index (χ1v) is 11.7. The summed E-state index contributed by atoms with van der Waals surface area (Å²) in [4.78, 5) is 27.3. The summed E-state index contributed by atoms with van der Waals surface area (Å²) >= 11 is 0. The molecule has 1 N–H and O–H groups in total. The maximum absolute atomic E-state index is 13.3. The Kier molecular flexibility index (Phi) is 5.83. The third-order valence-corrected chi connectivity index (χ3v) is 7.71. The Balaban J connectivity index is 1.59. The van der Waals surface area contributed by atoms with Crippen molar-refractivity contribution in [3.63, 3.8) is 0 Å². The highest BCUT2D eigenvalue weighted by Gasteiger charge is 2.51. The summed E-state index contributed by atoms with van der Waals surface area (Å²) in [6.45, 7) is 3.17. The van der Waals surface area contributed by atoms with Gasteiger partial charge in [-0.1, -0.05) is 49.4 Å². The van der Waals surface area contributed by atoms with E-state index >= 15 is 0 Å². The van der Waals surface area contributed by atoms with Crippen molar-refractivity contribution in [2.24, 2.45) is 0 Å². The van der Waals surface area contributed by atoms with Crippen LogP contribution in [-0.2, 0) is 31.6 Å². The Morgan fingerprint density at radius 2 is 1.74 bits per heavy atom. The molecule has 2 saturated heterocycles. The molecule has 1 atom stereocenters. The minimum atomic E-state index is -3.67. The molecule has 9 heteroatoms. The number of urea groups is 1. The van der Waals surface area contributed by atoms with E-state index in [9.17, 15) is 18.0 Å². The van der Waals surface area contributed by atoms with Crippen LogP contribution in [0, 0.1) is 0 Å². The zero-order chi connectivity index (χ0) is 22.1. The fourth-order valence-electron chi connectivity index (χ4n) is 4.05. The van der Waals surface area contributed by atoms with Crippen molar-refractivity contribution in [2.75, 3.05) is 26.3 Å². The minimum Gasteiger partial charge on any atom is -0.379 e. The molecule has 8 nitrogen and oxygen atoms in total. The largest absolute Gasteiger partial charge is 0.379 e. The van der Waals surface area contributed by atoms with Gasteiger partial charge in [0.1, 0.15) is 5.54 Å². The topological polar surface area (TPSA) is 96.0 Å². The molecular formula is C22H25N3O5S. The molecule has 2 aliphatic heterocycles. The van der Waals surface area contributed by atoms with Crippen LogP contribution in [0.25, 0.3) is 0 Å². The van der Waals surface area contributed by atoms with Crippen LogP contribution >= 0.6 is 0 Å². The number of hydrogen-bond donors (Lipinski definition) is 1. The second-order valence-electron chi connectivity index (χ2n) is 7.61. The molecule has 0 aliphatic carbocycles. The predicted octanol–water partition coefficient (Wildman–Crippen LogP) is 2.06. The molecule has 2 heterocycles. The quantitative estimate of drug-likeness (QED) is 0.690. The summed E-state index contributed by atoms with van der Waals surface area (Å²) in [6, 6.07) is 15.1. The number of carbonyl (C=O) groups is 2. The Morgan fingerprint density at radius 1 is 1.03 bits per heavy atom. The van der Waals surface area contributed by atoms with Crippen LogP contribution in [0.1, 0.15) is 24.5 Å². The third-order valence-electron chi connectivity index (χ3n) is 5.82. The van der Waals surface area contributed by atoms with Gasteiger partial charge in [-0.2, -0.15) is 4.31 Å². The fraction of sp³-hybridized carbons (Fsp3) is 0.364. The van der Waals surface area contributed by atoms with E-state index in [1.54, 1.807) is 12.1 Å². The Hall–Kier alpha value is -2.75. The van der Waals surface area contributed by atoms with Gasteiger partial charge in [-0.15, -0.1) is 0 Å². The van der Waals surface area contributed by atoms with Crippen LogP contribution in [0.15, 0.2) is 59.5 Å². The van der Waals surface area contributed by atoms with Crippen molar-refractivity contribution in [1.82, 2.24) is 14.5 Å². The average molecular weight is 444 g/mol. The molecule has 31 heavy (non-hydrogen) atoms. The molecule has 2 aliphatic rings. The molecule has 2 aromatic carbocycles. The number of imide groups is 1. The molecule has 0 aromatic heterocycles. The molecule has 0 radical (unpaired) electrons. The second kappa shape index (κ2) is 8.41. The number of rotatable bonds is 6. The summed E-state index contributed by atoms with van der Waals surface area (Å²) in [5.41, 5.74) is 0.176. The van der Waals surface area contributed by atoms with E-state index in [0.717, 1.165) is 10.5 Å². The van der Waals surface area contributed by atoms with E-state index in [0.29, 0.717) is 38.3 Å². The van der Waals surface area contributed by atoms with Gasteiger partial charge in [0.2, 0.25) is 10.0 Å². The van der Waals surface area contributed by atoms with E-state index in [4.69, 9.17) is 4.74 Å². The third kappa shape index (κ3) is 3.84. The smallest absolute Gasteiger partial charge is 0.325 e. The van der Waals surface area contributed by atoms with Gasteiger partial charge in [-0.05, 0) is 29.7 Å². The van der Waals surface area contributed by atoms with Crippen molar-refractivity contribution in [2.45, 2.75) is 30.3 Å². The monoisotopic (exact) mass is 443 g/mol. The van der Waals surface area contributed by atoms with E-state index in [-0.39, 0.29) is 17.3 Å². The van der Waals surface area contributed by atoms with Gasteiger partial charge in [-0.25, -0.2) is 13.2 Å². The summed E-state index contributed by atoms with van der Waals surface area (Å²) in [5, 5.41) is 2.85. The van der Waals surface area contributed by atoms with Gasteiger partial charge in [0.05, 0.1) is 24.7 Å². The van der Waals surface area contributed by atoms with Crippen molar-refractivity contribution >= 4 is 22.0 Å². The van der Waals surface area contributed by atoms with Gasteiger partial charge in [0.15, 0.2) is 0 Å². The van der Waals surface area contributed by atoms with E-state index < -0.39 is 21.6 Å². The van der Waals surface area contributed by atoms with Crippen molar-refractivity contribution in [3.05, 3.63) is 65.7 Å². The van der Waals surface area contributed by atoms with E-state index in [1.807, 2.05) is 37.3 Å². The number of nitrogens with one attached hydrogen (secondary N) is 1. The van der Waals surface area contributed by atoms with Crippen molar-refractivity contribution in [1.29, 1.82) is 0 Å². The number of sulfonamides is 1. The summed E-state index contributed by atoms with van der Waals surface area (Å²) in [7, 11) is -3.67. The van der Waals surface area contributed by atoms with Crippen molar-refractivity contribution < 1.29 is 22.7 Å². The molecule has 2 fully saturated rings. The Labute approximate surface area is 181 Å². The van der Waals surface area contributed by atoms with Gasteiger partial charge >= 0.3 is 6.03 Å². The van der Waals surface area contributed by atoms with Crippen LogP contribution in [0.3, 0.4) is 0 Å². The lowest BCUT2D eigenvalue weighted by molar-refractivity contribution is -0.132. The summed E-state index contributed by atoms with van der Waals surface area (Å²) in [5.74, 6) is -0.340. The zero-order valence-corrected chi connectivity index (χ0v) is 18.1. The lowest BCUT2D eigenvalue weighted by Gasteiger charge is -2.26. The molecular weight excluding hydrogens is 418 g/mol. The van der Waals surface area contributed by atoms with Crippen LogP contribution < -0.4 is 5.32 Å². The standard InChI is InChI=1S/C22H25N3O5S/c1-2-22(18-8-4-3-5-9-18)20(26)25(21(27)23-22)16-17-7-6-10-19(15-17)31(28,29)24-11-13-30-14-12-24/h3-10,15H,2,11-14,16H2,1H3,(H,23,27)/t22-/m1/s1. The molecule has 4 rings (SSSR count). The maximum Gasteiger partial charge on any atom is 0.325 e. The van der Waals surface area contributed by atoms with Gasteiger partial charge in [0.25, 0.3) is 5.91 Å². The number of ether oxygens (including phenoxy) is 1. The molecule has 164 valence electrons. The first kappa shape index (κ1) is 21.5. The fourth-order valence-corrected chi connectivity index (χ4v) is 5.53. The molecule has 3 amide bonds. The molecule has 0 bridgehead atoms. The van der Waals surface area contributed by atoms with Crippen molar-refractivity contribution in [3.8, 4) is 0 Å². The first-order valence-electron chi connectivity index (χ1n) is 10.2. The number of hydrogen-bond acceptors (Lipinski definition) is 5. The van der Waals surface area contributed by atoms with E-state index in [2.05, 4.69) is 5.32 Å². The van der Waals surface area contributed by atoms with Crippen LogP contribution in [0.5, 0.6) is 0 Å². The lowest BCUT2D eigenvalue weighted by atomic mass is 9.87. The summed E-state index contributed by atoms with van der Waals surface area (Å²) in [6.07, 6.45) is 0.406. The highest BCUT2D eigenvalue weighted by molar-refractivity contribution is 7.89. The van der Waals surface area contributed by atoms with Crippen LogP contribution in [0.2, 0.25) is 0 Å². The predicted molar refractivity (Wildman–Crippen MR) is 114 cm³/mol. The average Bonchev–Trinajstić information content (AvgIpc) is 3.05. The van der Waals surface area contributed by atoms with Gasteiger partial charge in [0, 0.05) is 13.1 Å². The Morgan fingerprint density at radius 3 is 2.42 bits per heavy atom. The number of benzene rings is 2. The van der Waals surface area contributed by atoms with Gasteiger partial charge < -0.3 is 10.1 Å².